The fourth-order valence-electron chi connectivity index (χ4n) is 2.38. The molecule has 8 heteroatoms. The van der Waals surface area contributed by atoms with Crippen LogP contribution >= 0.6 is 0 Å². The van der Waals surface area contributed by atoms with Crippen LogP contribution < -0.4 is 16.6 Å². The van der Waals surface area contributed by atoms with Crippen LogP contribution in [0.4, 0.5) is 0 Å². The van der Waals surface area contributed by atoms with Gasteiger partial charge in [0, 0.05) is 30.8 Å². The maximum atomic E-state index is 12.0. The van der Waals surface area contributed by atoms with E-state index in [-0.39, 0.29) is 25.4 Å². The number of carbonyl (C=O) groups is 1. The maximum Gasteiger partial charge on any atom is 0.328 e. The zero-order chi connectivity index (χ0) is 18.4. The van der Waals surface area contributed by atoms with E-state index in [1.54, 1.807) is 0 Å². The van der Waals surface area contributed by atoms with Gasteiger partial charge in [-0.2, -0.15) is 0 Å². The Morgan fingerprint density at radius 3 is 2.69 bits per heavy atom. The third-order valence-electron chi connectivity index (χ3n) is 3.74. The van der Waals surface area contributed by atoms with E-state index >= 15 is 0 Å². The summed E-state index contributed by atoms with van der Waals surface area (Å²) in [5.74, 6) is -0.219. The van der Waals surface area contributed by atoms with E-state index in [2.05, 4.69) is 20.3 Å². The number of aromatic nitrogens is 4. The Hall–Kier alpha value is -3.55. The van der Waals surface area contributed by atoms with Crippen molar-refractivity contribution in [2.24, 2.45) is 0 Å². The molecule has 0 fully saturated rings. The van der Waals surface area contributed by atoms with Crippen LogP contribution in [0.15, 0.2) is 64.6 Å². The molecule has 0 saturated carbocycles. The van der Waals surface area contributed by atoms with Crippen molar-refractivity contribution >= 4 is 5.91 Å². The molecule has 26 heavy (non-hydrogen) atoms. The van der Waals surface area contributed by atoms with E-state index in [0.717, 1.165) is 11.3 Å². The van der Waals surface area contributed by atoms with Gasteiger partial charge in [-0.1, -0.05) is 30.3 Å². The summed E-state index contributed by atoms with van der Waals surface area (Å²) in [5, 5.41) is 2.76. The molecule has 8 nitrogen and oxygen atoms in total. The normalized spacial score (nSPS) is 10.5. The summed E-state index contributed by atoms with van der Waals surface area (Å²) in [6, 6.07) is 12.8. The Morgan fingerprint density at radius 1 is 1.12 bits per heavy atom. The molecular formula is C18H17N5O3. The third kappa shape index (κ3) is 4.50. The van der Waals surface area contributed by atoms with Crippen LogP contribution in [-0.2, 0) is 17.9 Å². The Labute approximate surface area is 148 Å². The highest BCUT2D eigenvalue weighted by molar-refractivity contribution is 5.75. The lowest BCUT2D eigenvalue weighted by atomic mass is 10.1. The van der Waals surface area contributed by atoms with Crippen molar-refractivity contribution in [1.82, 2.24) is 24.8 Å². The van der Waals surface area contributed by atoms with Gasteiger partial charge in [0.05, 0.1) is 17.9 Å². The Morgan fingerprint density at radius 2 is 1.92 bits per heavy atom. The van der Waals surface area contributed by atoms with E-state index in [1.165, 1.54) is 23.2 Å². The minimum atomic E-state index is -0.534. The smallest absolute Gasteiger partial charge is 0.328 e. The molecule has 0 aliphatic rings. The number of carbonyl (C=O) groups excluding carboxylic acids is 1. The molecule has 0 saturated heterocycles. The molecule has 0 unspecified atom stereocenters. The third-order valence-corrected chi connectivity index (χ3v) is 3.74. The molecule has 2 N–H and O–H groups in total. The Balaban J connectivity index is 1.56. The fraction of sp³-hybridized carbons (Fsp3) is 0.167. The van der Waals surface area contributed by atoms with Crippen molar-refractivity contribution < 1.29 is 4.79 Å². The molecule has 1 aromatic carbocycles. The van der Waals surface area contributed by atoms with Crippen molar-refractivity contribution in [2.75, 3.05) is 0 Å². The molecule has 1 amide bonds. The molecular weight excluding hydrogens is 334 g/mol. The van der Waals surface area contributed by atoms with E-state index in [1.807, 2.05) is 36.4 Å². The molecule has 0 radical (unpaired) electrons. The second-order valence-electron chi connectivity index (χ2n) is 5.59. The lowest BCUT2D eigenvalue weighted by molar-refractivity contribution is -0.121. The van der Waals surface area contributed by atoms with Gasteiger partial charge in [0.15, 0.2) is 0 Å². The summed E-state index contributed by atoms with van der Waals surface area (Å²) < 4.78 is 1.28. The molecule has 132 valence electrons. The number of rotatable bonds is 6. The van der Waals surface area contributed by atoms with Crippen molar-refractivity contribution in [3.63, 3.8) is 0 Å². The topological polar surface area (TPSA) is 110 Å². The van der Waals surface area contributed by atoms with E-state index in [9.17, 15) is 14.4 Å². The van der Waals surface area contributed by atoms with Gasteiger partial charge in [-0.3, -0.25) is 14.6 Å². The van der Waals surface area contributed by atoms with Crippen LogP contribution in [-0.4, -0.2) is 25.4 Å². The first-order chi connectivity index (χ1) is 12.6. The molecule has 0 aliphatic heterocycles. The molecule has 0 atom stereocenters. The predicted octanol–water partition coefficient (Wildman–Crippen LogP) is 0.700. The van der Waals surface area contributed by atoms with E-state index in [4.69, 9.17) is 0 Å². The minimum absolute atomic E-state index is 0.114. The van der Waals surface area contributed by atoms with Crippen molar-refractivity contribution in [3.8, 4) is 11.3 Å². The largest absolute Gasteiger partial charge is 0.350 e. The lowest BCUT2D eigenvalue weighted by Gasteiger charge is -2.07. The van der Waals surface area contributed by atoms with E-state index in [0.29, 0.717) is 5.69 Å². The monoisotopic (exact) mass is 351 g/mol. The van der Waals surface area contributed by atoms with Crippen LogP contribution in [0.1, 0.15) is 12.1 Å². The molecule has 2 aromatic heterocycles. The van der Waals surface area contributed by atoms with Gasteiger partial charge in [-0.05, 0) is 6.07 Å². The summed E-state index contributed by atoms with van der Waals surface area (Å²) in [6.07, 6.45) is 2.94. The number of hydrogen-bond donors (Lipinski definition) is 2. The number of H-pyrrole nitrogens is 1. The average Bonchev–Trinajstić information content (AvgIpc) is 2.66. The number of benzene rings is 1. The number of hydrogen-bond acceptors (Lipinski definition) is 5. The van der Waals surface area contributed by atoms with Crippen LogP contribution in [0.5, 0.6) is 0 Å². The number of aromatic amines is 1. The van der Waals surface area contributed by atoms with Gasteiger partial charge >= 0.3 is 5.69 Å². The predicted molar refractivity (Wildman–Crippen MR) is 95.3 cm³/mol. The summed E-state index contributed by atoms with van der Waals surface area (Å²) >= 11 is 0. The molecule has 3 rings (SSSR count). The van der Waals surface area contributed by atoms with Crippen molar-refractivity contribution in [1.29, 1.82) is 0 Å². The molecule has 0 aliphatic carbocycles. The van der Waals surface area contributed by atoms with Gasteiger partial charge in [0.2, 0.25) is 5.91 Å². The first kappa shape index (κ1) is 17.3. The van der Waals surface area contributed by atoms with Gasteiger partial charge in [-0.15, -0.1) is 0 Å². The van der Waals surface area contributed by atoms with Crippen LogP contribution in [0.2, 0.25) is 0 Å². The molecule has 0 bridgehead atoms. The van der Waals surface area contributed by atoms with Crippen molar-refractivity contribution in [2.45, 2.75) is 19.5 Å². The quantitative estimate of drug-likeness (QED) is 0.679. The second kappa shape index (κ2) is 8.02. The SMILES string of the molecule is O=C(CCn1ccc(=O)[nH]c1=O)NCc1cc(-c2ccccc2)ncn1. The highest BCUT2D eigenvalue weighted by atomic mass is 16.2. The zero-order valence-electron chi connectivity index (χ0n) is 13.9. The summed E-state index contributed by atoms with van der Waals surface area (Å²) in [5.41, 5.74) is 1.44. The summed E-state index contributed by atoms with van der Waals surface area (Å²) in [6.45, 7) is 0.447. The van der Waals surface area contributed by atoms with Gasteiger partial charge in [0.1, 0.15) is 6.33 Å². The lowest BCUT2D eigenvalue weighted by Crippen LogP contribution is -2.31. The standard InChI is InChI=1S/C18H17N5O3/c24-16(6-8-23-9-7-17(25)22-18(23)26)19-11-14-10-15(21-12-20-14)13-4-2-1-3-5-13/h1-5,7,9-10,12H,6,8,11H2,(H,19,24)(H,22,25,26). The molecule has 2 heterocycles. The zero-order valence-corrected chi connectivity index (χ0v) is 13.9. The molecule has 3 aromatic rings. The number of nitrogens with zero attached hydrogens (tertiary/aromatic N) is 3. The highest BCUT2D eigenvalue weighted by Gasteiger charge is 2.06. The van der Waals surface area contributed by atoms with Crippen LogP contribution in [0.3, 0.4) is 0 Å². The Kier molecular flexibility index (Phi) is 5.33. The number of amides is 1. The fourth-order valence-corrected chi connectivity index (χ4v) is 2.38. The summed E-state index contributed by atoms with van der Waals surface area (Å²) in [4.78, 5) is 45.1. The van der Waals surface area contributed by atoms with Crippen LogP contribution in [0.25, 0.3) is 11.3 Å². The number of nitrogens with one attached hydrogen (secondary N) is 2. The van der Waals surface area contributed by atoms with Gasteiger partial charge in [-0.25, -0.2) is 14.8 Å². The number of aryl methyl sites for hydroxylation is 1. The average molecular weight is 351 g/mol. The van der Waals surface area contributed by atoms with Gasteiger partial charge < -0.3 is 9.88 Å². The van der Waals surface area contributed by atoms with Gasteiger partial charge in [0.25, 0.3) is 5.56 Å². The first-order valence-corrected chi connectivity index (χ1v) is 8.04. The molecule has 0 spiro atoms. The highest BCUT2D eigenvalue weighted by Crippen LogP contribution is 2.15. The van der Waals surface area contributed by atoms with Crippen molar-refractivity contribution in [3.05, 3.63) is 81.5 Å². The second-order valence-corrected chi connectivity index (χ2v) is 5.59. The van der Waals surface area contributed by atoms with E-state index < -0.39 is 11.2 Å². The first-order valence-electron chi connectivity index (χ1n) is 8.04. The summed E-state index contributed by atoms with van der Waals surface area (Å²) in [7, 11) is 0. The maximum absolute atomic E-state index is 12.0. The van der Waals surface area contributed by atoms with Crippen LogP contribution in [0, 0.1) is 0 Å². The minimum Gasteiger partial charge on any atom is -0.350 e. The Bertz CT molecular complexity index is 1010.